The summed E-state index contributed by atoms with van der Waals surface area (Å²) in [5.74, 6) is -0.165. The second-order valence-electron chi connectivity index (χ2n) is 4.61. The SMILES string of the molecule is O=C(O)C(Cc1ccccc1)SCCN1CCNC1=O. The van der Waals surface area contributed by atoms with Gasteiger partial charge in [-0.25, -0.2) is 4.79 Å². The zero-order chi connectivity index (χ0) is 14.4. The third-order valence-corrected chi connectivity index (χ3v) is 4.35. The maximum absolute atomic E-state index is 11.4. The lowest BCUT2D eigenvalue weighted by Crippen LogP contribution is -2.31. The highest BCUT2D eigenvalue weighted by molar-refractivity contribution is 8.00. The second kappa shape index (κ2) is 7.19. The van der Waals surface area contributed by atoms with E-state index in [-0.39, 0.29) is 6.03 Å². The summed E-state index contributed by atoms with van der Waals surface area (Å²) in [4.78, 5) is 24.4. The van der Waals surface area contributed by atoms with Crippen LogP contribution in [0.1, 0.15) is 5.56 Å². The first-order chi connectivity index (χ1) is 9.66. The van der Waals surface area contributed by atoms with Gasteiger partial charge in [0.05, 0.1) is 0 Å². The summed E-state index contributed by atoms with van der Waals surface area (Å²) < 4.78 is 0. The zero-order valence-electron chi connectivity index (χ0n) is 11.1. The Morgan fingerprint density at radius 1 is 1.40 bits per heavy atom. The van der Waals surface area contributed by atoms with E-state index in [0.29, 0.717) is 31.8 Å². The van der Waals surface area contributed by atoms with E-state index in [0.717, 1.165) is 5.56 Å². The molecule has 0 bridgehead atoms. The molecule has 1 unspecified atom stereocenters. The first kappa shape index (κ1) is 14.7. The lowest BCUT2D eigenvalue weighted by Gasteiger charge is -2.16. The van der Waals surface area contributed by atoms with Crippen molar-refractivity contribution in [1.82, 2.24) is 10.2 Å². The third-order valence-electron chi connectivity index (χ3n) is 3.16. The molecule has 1 atom stereocenters. The largest absolute Gasteiger partial charge is 0.480 e. The molecule has 0 aliphatic carbocycles. The standard InChI is InChI=1S/C14H18N2O3S/c17-13(18)12(10-11-4-2-1-3-5-11)20-9-8-16-7-6-15-14(16)19/h1-5,12H,6-10H2,(H,15,19)(H,17,18). The van der Waals surface area contributed by atoms with Gasteiger partial charge in [0.1, 0.15) is 5.25 Å². The molecule has 1 aromatic rings. The highest BCUT2D eigenvalue weighted by Gasteiger charge is 2.22. The number of carboxylic acids is 1. The van der Waals surface area contributed by atoms with Crippen LogP contribution in [0, 0.1) is 0 Å². The average molecular weight is 294 g/mol. The van der Waals surface area contributed by atoms with E-state index < -0.39 is 11.2 Å². The molecule has 2 amide bonds. The monoisotopic (exact) mass is 294 g/mol. The van der Waals surface area contributed by atoms with Crippen molar-refractivity contribution in [2.24, 2.45) is 0 Å². The molecule has 0 radical (unpaired) electrons. The second-order valence-corrected chi connectivity index (χ2v) is 5.92. The fraction of sp³-hybridized carbons (Fsp3) is 0.429. The number of thioether (sulfide) groups is 1. The molecule has 6 heteroatoms. The number of carbonyl (C=O) groups is 2. The number of nitrogens with one attached hydrogen (secondary N) is 1. The molecule has 0 spiro atoms. The third kappa shape index (κ3) is 4.16. The Morgan fingerprint density at radius 2 is 2.15 bits per heavy atom. The van der Waals surface area contributed by atoms with Gasteiger partial charge in [-0.3, -0.25) is 4.79 Å². The maximum Gasteiger partial charge on any atom is 0.317 e. The summed E-state index contributed by atoms with van der Waals surface area (Å²) in [7, 11) is 0. The van der Waals surface area contributed by atoms with Crippen LogP contribution in [0.2, 0.25) is 0 Å². The predicted molar refractivity (Wildman–Crippen MR) is 79.0 cm³/mol. The lowest BCUT2D eigenvalue weighted by molar-refractivity contribution is -0.136. The number of hydrogen-bond acceptors (Lipinski definition) is 3. The Kier molecular flexibility index (Phi) is 5.29. The molecule has 1 fully saturated rings. The number of hydrogen-bond donors (Lipinski definition) is 2. The van der Waals surface area contributed by atoms with Crippen LogP contribution in [0.25, 0.3) is 0 Å². The van der Waals surface area contributed by atoms with Crippen molar-refractivity contribution >= 4 is 23.8 Å². The van der Waals surface area contributed by atoms with Crippen molar-refractivity contribution in [2.45, 2.75) is 11.7 Å². The van der Waals surface area contributed by atoms with Gasteiger partial charge in [0, 0.05) is 25.4 Å². The normalized spacial score (nSPS) is 16.0. The van der Waals surface area contributed by atoms with Gasteiger partial charge in [-0.1, -0.05) is 30.3 Å². The molecule has 20 heavy (non-hydrogen) atoms. The first-order valence-corrected chi connectivity index (χ1v) is 7.63. The van der Waals surface area contributed by atoms with Crippen LogP contribution < -0.4 is 5.32 Å². The van der Waals surface area contributed by atoms with Crippen molar-refractivity contribution in [3.8, 4) is 0 Å². The minimum absolute atomic E-state index is 0.0551. The molecule has 1 heterocycles. The Balaban J connectivity index is 1.80. The quantitative estimate of drug-likeness (QED) is 0.798. The number of rotatable bonds is 7. The molecule has 108 valence electrons. The number of benzene rings is 1. The van der Waals surface area contributed by atoms with Crippen molar-refractivity contribution in [1.29, 1.82) is 0 Å². The van der Waals surface area contributed by atoms with Crippen LogP contribution in [0.15, 0.2) is 30.3 Å². The molecule has 5 nitrogen and oxygen atoms in total. The smallest absolute Gasteiger partial charge is 0.317 e. The molecule has 1 aromatic carbocycles. The fourth-order valence-electron chi connectivity index (χ4n) is 2.08. The summed E-state index contributed by atoms with van der Waals surface area (Å²) >= 11 is 1.39. The van der Waals surface area contributed by atoms with E-state index in [1.165, 1.54) is 11.8 Å². The minimum Gasteiger partial charge on any atom is -0.480 e. The van der Waals surface area contributed by atoms with Gasteiger partial charge in [0.2, 0.25) is 0 Å². The van der Waals surface area contributed by atoms with Crippen LogP contribution in [0.5, 0.6) is 0 Å². The van der Waals surface area contributed by atoms with E-state index >= 15 is 0 Å². The topological polar surface area (TPSA) is 69.6 Å². The van der Waals surface area contributed by atoms with Crippen molar-refractivity contribution in [2.75, 3.05) is 25.4 Å². The zero-order valence-corrected chi connectivity index (χ0v) is 11.9. The van der Waals surface area contributed by atoms with E-state index in [1.807, 2.05) is 30.3 Å². The van der Waals surface area contributed by atoms with Crippen LogP contribution in [0.4, 0.5) is 4.79 Å². The van der Waals surface area contributed by atoms with Crippen molar-refractivity contribution in [3.63, 3.8) is 0 Å². The van der Waals surface area contributed by atoms with E-state index in [9.17, 15) is 14.7 Å². The predicted octanol–water partition coefficient (Wildman–Crippen LogP) is 1.44. The minimum atomic E-state index is -0.801. The highest BCUT2D eigenvalue weighted by atomic mass is 32.2. The van der Waals surface area contributed by atoms with Crippen LogP contribution in [0.3, 0.4) is 0 Å². The van der Waals surface area contributed by atoms with Crippen LogP contribution >= 0.6 is 11.8 Å². The van der Waals surface area contributed by atoms with Crippen molar-refractivity contribution in [3.05, 3.63) is 35.9 Å². The highest BCUT2D eigenvalue weighted by Crippen LogP contribution is 2.17. The van der Waals surface area contributed by atoms with Gasteiger partial charge in [-0.05, 0) is 12.0 Å². The van der Waals surface area contributed by atoms with Gasteiger partial charge in [0.25, 0.3) is 0 Å². The Labute approximate surface area is 122 Å². The van der Waals surface area contributed by atoms with Gasteiger partial charge < -0.3 is 15.3 Å². The molecular formula is C14H18N2O3S. The van der Waals surface area contributed by atoms with Gasteiger partial charge in [-0.15, -0.1) is 11.8 Å². The fourth-order valence-corrected chi connectivity index (χ4v) is 3.14. The van der Waals surface area contributed by atoms with Crippen molar-refractivity contribution < 1.29 is 14.7 Å². The molecule has 2 N–H and O–H groups in total. The molecule has 2 rings (SSSR count). The maximum atomic E-state index is 11.4. The molecule has 0 saturated carbocycles. The van der Waals surface area contributed by atoms with Gasteiger partial charge in [-0.2, -0.15) is 0 Å². The molecular weight excluding hydrogens is 276 g/mol. The summed E-state index contributed by atoms with van der Waals surface area (Å²) in [6, 6.07) is 9.55. The Morgan fingerprint density at radius 3 is 2.75 bits per heavy atom. The van der Waals surface area contributed by atoms with Gasteiger partial charge >= 0.3 is 12.0 Å². The van der Waals surface area contributed by atoms with Gasteiger partial charge in [0.15, 0.2) is 0 Å². The molecule has 1 saturated heterocycles. The molecule has 0 aromatic heterocycles. The number of aliphatic carboxylic acids is 1. The number of urea groups is 1. The summed E-state index contributed by atoms with van der Waals surface area (Å²) in [6.45, 7) is 1.97. The number of nitrogens with zero attached hydrogens (tertiary/aromatic N) is 1. The van der Waals surface area contributed by atoms with E-state index in [4.69, 9.17) is 0 Å². The first-order valence-electron chi connectivity index (χ1n) is 6.58. The average Bonchev–Trinajstić information content (AvgIpc) is 2.84. The Bertz CT molecular complexity index is 467. The van der Waals surface area contributed by atoms with E-state index in [2.05, 4.69) is 5.32 Å². The summed E-state index contributed by atoms with van der Waals surface area (Å²) in [6.07, 6.45) is 0.507. The van der Waals surface area contributed by atoms with E-state index in [1.54, 1.807) is 4.90 Å². The summed E-state index contributed by atoms with van der Waals surface area (Å²) in [5, 5.41) is 11.5. The summed E-state index contributed by atoms with van der Waals surface area (Å²) in [5.41, 5.74) is 1.02. The number of carbonyl (C=O) groups excluding carboxylic acids is 1. The number of amides is 2. The molecule has 1 aliphatic rings. The Hall–Kier alpha value is -1.69. The number of carboxylic acid groups (broad SMARTS) is 1. The van der Waals surface area contributed by atoms with Crippen LogP contribution in [-0.2, 0) is 11.2 Å². The lowest BCUT2D eigenvalue weighted by atomic mass is 10.1. The molecule has 1 aliphatic heterocycles. The van der Waals surface area contributed by atoms with Crippen LogP contribution in [-0.4, -0.2) is 52.6 Å².